The maximum atomic E-state index is 2.45. The quantitative estimate of drug-likeness (QED) is 0.160. The minimum Gasteiger partial charge on any atom is -0.310 e. The number of rotatable bonds is 7. The van der Waals surface area contributed by atoms with Crippen molar-refractivity contribution in [3.63, 3.8) is 0 Å². The van der Waals surface area contributed by atoms with Crippen LogP contribution in [0.4, 0.5) is 17.1 Å². The van der Waals surface area contributed by atoms with Crippen LogP contribution < -0.4 is 4.90 Å². The van der Waals surface area contributed by atoms with Crippen molar-refractivity contribution in [2.24, 2.45) is 0 Å². The summed E-state index contributed by atoms with van der Waals surface area (Å²) in [7, 11) is 0. The molecule has 0 atom stereocenters. The molecule has 55 heavy (non-hydrogen) atoms. The second kappa shape index (κ2) is 13.5. The van der Waals surface area contributed by atoms with E-state index in [9.17, 15) is 0 Å². The monoisotopic (exact) mass is 701 g/mol. The normalized spacial score (nSPS) is 13.7. The van der Waals surface area contributed by atoms with Gasteiger partial charge in [0, 0.05) is 16.8 Å². The van der Waals surface area contributed by atoms with Crippen molar-refractivity contribution >= 4 is 27.8 Å². The zero-order valence-electron chi connectivity index (χ0n) is 30.5. The van der Waals surface area contributed by atoms with Gasteiger partial charge < -0.3 is 4.90 Å². The molecule has 0 bridgehead atoms. The van der Waals surface area contributed by atoms with Crippen molar-refractivity contribution in [1.82, 2.24) is 0 Å². The van der Waals surface area contributed by atoms with Gasteiger partial charge in [0.05, 0.1) is 16.5 Å². The zero-order chi connectivity index (χ0) is 36.7. The molecule has 1 nitrogen and oxygen atoms in total. The molecule has 0 heterocycles. The number of para-hydroxylation sites is 1. The van der Waals surface area contributed by atoms with Crippen molar-refractivity contribution in [2.75, 3.05) is 4.90 Å². The van der Waals surface area contributed by atoms with E-state index >= 15 is 0 Å². The van der Waals surface area contributed by atoms with Crippen molar-refractivity contribution in [1.29, 1.82) is 0 Å². The van der Waals surface area contributed by atoms with E-state index in [0.717, 1.165) is 17.1 Å². The van der Waals surface area contributed by atoms with Crippen LogP contribution in [0.15, 0.2) is 237 Å². The SMILES string of the molecule is c1ccc(N(c2ccc3c(c2)-c2ccccc2C(c2ccccc2)(c2ccccc2)C3(c2ccccc2)c2ccccc2)c2cccc3ccccc23)cc1. The van der Waals surface area contributed by atoms with E-state index in [1.165, 1.54) is 55.3 Å². The maximum Gasteiger partial charge on any atom is 0.0635 e. The standard InChI is InChI=1S/C54H39N/c1-6-23-41(24-7-1)53(42-25-8-2-9-26-42)50-35-19-18-34-48(50)49-39-46(37-38-51(49)54(53,43-27-10-3-11-28-43)44-29-12-4-13-30-44)55(45-31-14-5-15-32-45)52-36-20-22-40-21-16-17-33-47(40)52/h1-39H. The molecule has 1 heteroatoms. The number of benzene rings is 9. The van der Waals surface area contributed by atoms with Crippen LogP contribution in [0.5, 0.6) is 0 Å². The molecule has 10 rings (SSSR count). The van der Waals surface area contributed by atoms with Crippen LogP contribution >= 0.6 is 0 Å². The summed E-state index contributed by atoms with van der Waals surface area (Å²) in [6.07, 6.45) is 0. The van der Waals surface area contributed by atoms with Crippen LogP contribution in [0.25, 0.3) is 21.9 Å². The summed E-state index contributed by atoms with van der Waals surface area (Å²) in [5.41, 5.74) is 12.0. The molecule has 0 aliphatic heterocycles. The van der Waals surface area contributed by atoms with E-state index < -0.39 is 10.8 Å². The lowest BCUT2D eigenvalue weighted by atomic mass is 9.43. The Bertz CT molecular complexity index is 2660. The Morgan fingerprint density at radius 3 is 1.29 bits per heavy atom. The van der Waals surface area contributed by atoms with Gasteiger partial charge >= 0.3 is 0 Å². The molecule has 9 aromatic carbocycles. The molecule has 260 valence electrons. The Morgan fingerprint density at radius 2 is 0.727 bits per heavy atom. The van der Waals surface area contributed by atoms with E-state index in [2.05, 4.69) is 241 Å². The third-order valence-corrected chi connectivity index (χ3v) is 11.7. The highest BCUT2D eigenvalue weighted by Crippen LogP contribution is 2.65. The van der Waals surface area contributed by atoms with Crippen molar-refractivity contribution < 1.29 is 0 Å². The van der Waals surface area contributed by atoms with Gasteiger partial charge in [-0.3, -0.25) is 0 Å². The average Bonchev–Trinajstić information content (AvgIpc) is 3.27. The molecule has 0 saturated heterocycles. The summed E-state index contributed by atoms with van der Waals surface area (Å²) in [5, 5.41) is 2.42. The summed E-state index contributed by atoms with van der Waals surface area (Å²) in [6, 6.07) is 87.3. The summed E-state index contributed by atoms with van der Waals surface area (Å²) in [5.74, 6) is 0. The largest absolute Gasteiger partial charge is 0.310 e. The fraction of sp³-hybridized carbons (Fsp3) is 0.0370. The molecular formula is C54H39N. The number of anilines is 3. The van der Waals surface area contributed by atoms with Crippen molar-refractivity contribution in [3.8, 4) is 11.1 Å². The smallest absolute Gasteiger partial charge is 0.0635 e. The highest BCUT2D eigenvalue weighted by Gasteiger charge is 2.61. The topological polar surface area (TPSA) is 3.24 Å². The Labute approximate surface area is 323 Å². The molecule has 0 saturated carbocycles. The first-order valence-corrected chi connectivity index (χ1v) is 19.1. The predicted molar refractivity (Wildman–Crippen MR) is 230 cm³/mol. The highest BCUT2D eigenvalue weighted by atomic mass is 15.1. The fourth-order valence-corrected chi connectivity index (χ4v) is 9.65. The average molecular weight is 702 g/mol. The van der Waals surface area contributed by atoms with Crippen molar-refractivity contribution in [2.45, 2.75) is 10.8 Å². The molecule has 0 spiro atoms. The Balaban J connectivity index is 1.38. The van der Waals surface area contributed by atoms with Crippen LogP contribution in [0.2, 0.25) is 0 Å². The van der Waals surface area contributed by atoms with Crippen LogP contribution in [0.3, 0.4) is 0 Å². The molecule has 0 N–H and O–H groups in total. The minimum atomic E-state index is -0.683. The third kappa shape index (κ3) is 4.94. The number of hydrogen-bond donors (Lipinski definition) is 0. The second-order valence-electron chi connectivity index (χ2n) is 14.4. The molecule has 1 aliphatic rings. The number of nitrogens with zero attached hydrogens (tertiary/aromatic N) is 1. The van der Waals surface area contributed by atoms with Crippen LogP contribution in [0, 0.1) is 0 Å². The van der Waals surface area contributed by atoms with Gasteiger partial charge in [0.25, 0.3) is 0 Å². The van der Waals surface area contributed by atoms with E-state index in [0.29, 0.717) is 0 Å². The Hall–Kier alpha value is -6.96. The number of fused-ring (bicyclic) bond motifs is 4. The third-order valence-electron chi connectivity index (χ3n) is 11.7. The Kier molecular flexibility index (Phi) is 8.00. The number of hydrogen-bond acceptors (Lipinski definition) is 1. The first kappa shape index (κ1) is 32.7. The molecule has 0 radical (unpaired) electrons. The molecule has 0 unspecified atom stereocenters. The van der Waals surface area contributed by atoms with Gasteiger partial charge in [-0.15, -0.1) is 0 Å². The highest BCUT2D eigenvalue weighted by molar-refractivity contribution is 5.99. The molecule has 0 amide bonds. The van der Waals surface area contributed by atoms with Crippen molar-refractivity contribution in [3.05, 3.63) is 270 Å². The molecule has 0 fully saturated rings. The van der Waals surface area contributed by atoms with Gasteiger partial charge in [-0.1, -0.05) is 206 Å². The van der Waals surface area contributed by atoms with Crippen LogP contribution in [0.1, 0.15) is 33.4 Å². The summed E-state index contributed by atoms with van der Waals surface area (Å²) in [4.78, 5) is 2.42. The molecule has 1 aliphatic carbocycles. The lowest BCUT2D eigenvalue weighted by Gasteiger charge is -2.57. The lowest BCUT2D eigenvalue weighted by Crippen LogP contribution is -2.54. The van der Waals surface area contributed by atoms with Gasteiger partial charge in [0.2, 0.25) is 0 Å². The van der Waals surface area contributed by atoms with Crippen LogP contribution in [-0.2, 0) is 10.8 Å². The summed E-state index contributed by atoms with van der Waals surface area (Å²) >= 11 is 0. The van der Waals surface area contributed by atoms with E-state index in [1.54, 1.807) is 0 Å². The summed E-state index contributed by atoms with van der Waals surface area (Å²) in [6.45, 7) is 0. The first-order valence-electron chi connectivity index (χ1n) is 19.1. The van der Waals surface area contributed by atoms with E-state index in [4.69, 9.17) is 0 Å². The minimum absolute atomic E-state index is 0.655. The predicted octanol–water partition coefficient (Wildman–Crippen LogP) is 13.7. The van der Waals surface area contributed by atoms with Gasteiger partial charge in [-0.2, -0.15) is 0 Å². The molecular weight excluding hydrogens is 663 g/mol. The first-order chi connectivity index (χ1) is 27.3. The van der Waals surface area contributed by atoms with Gasteiger partial charge in [-0.05, 0) is 80.2 Å². The Morgan fingerprint density at radius 1 is 0.291 bits per heavy atom. The van der Waals surface area contributed by atoms with E-state index in [1.807, 2.05) is 0 Å². The fourth-order valence-electron chi connectivity index (χ4n) is 9.65. The van der Waals surface area contributed by atoms with Crippen LogP contribution in [-0.4, -0.2) is 0 Å². The summed E-state index contributed by atoms with van der Waals surface area (Å²) < 4.78 is 0. The second-order valence-corrected chi connectivity index (χ2v) is 14.4. The molecule has 0 aromatic heterocycles. The van der Waals surface area contributed by atoms with E-state index in [-0.39, 0.29) is 0 Å². The van der Waals surface area contributed by atoms with Gasteiger partial charge in [0.1, 0.15) is 0 Å². The lowest BCUT2D eigenvalue weighted by molar-refractivity contribution is 0.415. The maximum absolute atomic E-state index is 2.45. The van der Waals surface area contributed by atoms with Gasteiger partial charge in [0.15, 0.2) is 0 Å². The zero-order valence-corrected chi connectivity index (χ0v) is 30.5. The van der Waals surface area contributed by atoms with Gasteiger partial charge in [-0.25, -0.2) is 0 Å². The molecule has 9 aromatic rings.